The number of methoxy groups -OCH3 is 1. The monoisotopic (exact) mass is 504 g/mol. The second-order valence-corrected chi connectivity index (χ2v) is 19.2. The fraction of sp³-hybridized carbons (Fsp3) is 0.960. The molecule has 0 bridgehead atoms. The van der Waals surface area contributed by atoms with Crippen molar-refractivity contribution in [1.29, 1.82) is 0 Å². The maximum absolute atomic E-state index is 11.5. The van der Waals surface area contributed by atoms with E-state index in [4.69, 9.17) is 23.1 Å². The van der Waals surface area contributed by atoms with Gasteiger partial charge in [0, 0.05) is 6.42 Å². The molecular formula is C25H52O6Si2. The topological polar surface area (TPSA) is 63.2 Å². The van der Waals surface area contributed by atoms with Gasteiger partial charge < -0.3 is 23.1 Å². The van der Waals surface area contributed by atoms with Crippen molar-refractivity contribution in [1.82, 2.24) is 0 Å². The third-order valence-corrected chi connectivity index (χ3v) is 17.6. The Hall–Kier alpha value is -0.256. The second kappa shape index (κ2) is 15.0. The number of hydrogen-bond donors (Lipinski definition) is 0. The Morgan fingerprint density at radius 2 is 1.39 bits per heavy atom. The smallest absolute Gasteiger partial charge is 0.305 e. The van der Waals surface area contributed by atoms with E-state index in [1.807, 2.05) is 0 Å². The highest BCUT2D eigenvalue weighted by Crippen LogP contribution is 2.38. The number of hydrogen-bond acceptors (Lipinski definition) is 6. The van der Waals surface area contributed by atoms with Crippen molar-refractivity contribution in [3.63, 3.8) is 0 Å². The molecule has 1 rings (SSSR count). The summed E-state index contributed by atoms with van der Waals surface area (Å²) in [5.74, 6) is 0.411. The van der Waals surface area contributed by atoms with Gasteiger partial charge in [-0.15, -0.1) is 0 Å². The lowest BCUT2D eigenvalue weighted by Crippen LogP contribution is -2.57. The minimum absolute atomic E-state index is 0.0112. The fourth-order valence-electron chi connectivity index (χ4n) is 4.87. The van der Waals surface area contributed by atoms with Gasteiger partial charge in [-0.05, 0) is 54.5 Å². The molecule has 2 unspecified atom stereocenters. The molecule has 0 amide bonds. The van der Waals surface area contributed by atoms with E-state index in [1.165, 1.54) is 7.11 Å². The molecule has 33 heavy (non-hydrogen) atoms. The van der Waals surface area contributed by atoms with Crippen LogP contribution in [0.2, 0.25) is 36.3 Å². The molecule has 0 N–H and O–H groups in total. The van der Waals surface area contributed by atoms with Crippen LogP contribution >= 0.6 is 0 Å². The molecule has 1 aliphatic rings. The maximum atomic E-state index is 11.5. The van der Waals surface area contributed by atoms with Gasteiger partial charge in [0.2, 0.25) is 0 Å². The molecule has 5 atom stereocenters. The van der Waals surface area contributed by atoms with Crippen LogP contribution in [0, 0.1) is 11.8 Å². The third-order valence-electron chi connectivity index (χ3n) is 8.35. The Morgan fingerprint density at radius 1 is 0.848 bits per heavy atom. The minimum atomic E-state index is -1.84. The molecule has 1 fully saturated rings. The van der Waals surface area contributed by atoms with E-state index in [-0.39, 0.29) is 18.2 Å². The summed E-state index contributed by atoms with van der Waals surface area (Å²) in [6.07, 6.45) is 0.427. The fourth-order valence-corrected chi connectivity index (χ4v) is 10.4. The van der Waals surface area contributed by atoms with E-state index in [9.17, 15) is 4.79 Å². The van der Waals surface area contributed by atoms with E-state index in [0.717, 1.165) is 36.3 Å². The molecule has 6 nitrogen and oxygen atoms in total. The van der Waals surface area contributed by atoms with Gasteiger partial charge in [0.1, 0.15) is 0 Å². The summed E-state index contributed by atoms with van der Waals surface area (Å²) in [5.41, 5.74) is 0. The Kier molecular flexibility index (Phi) is 14.0. The van der Waals surface area contributed by atoms with Gasteiger partial charge >= 0.3 is 5.97 Å². The van der Waals surface area contributed by atoms with Crippen LogP contribution in [0.4, 0.5) is 0 Å². The summed E-state index contributed by atoms with van der Waals surface area (Å²) in [6.45, 7) is 19.2. The standard InChI is InChI=1S/C25H52O6Si2/c1-10-32(11-2,12-3)29-19-22-20(7)21(8)24(31-33(13-4,14-5)15-6)25(30-22)28-18-16-17-23(26)27-9/h20-22,24-25H,10-19H2,1-9H3/t20-,21-,22?,24?,25+/m0/s1. The Balaban J connectivity index is 3.00. The molecule has 1 saturated heterocycles. The minimum Gasteiger partial charge on any atom is -0.469 e. The normalized spacial score (nSPS) is 26.4. The molecule has 0 spiro atoms. The van der Waals surface area contributed by atoms with Crippen molar-refractivity contribution in [2.45, 2.75) is 123 Å². The van der Waals surface area contributed by atoms with Gasteiger partial charge in [-0.1, -0.05) is 55.4 Å². The van der Waals surface area contributed by atoms with Crippen molar-refractivity contribution in [3.05, 3.63) is 0 Å². The molecule has 1 heterocycles. The zero-order valence-corrected chi connectivity index (χ0v) is 24.9. The summed E-state index contributed by atoms with van der Waals surface area (Å²) in [4.78, 5) is 11.5. The van der Waals surface area contributed by atoms with Gasteiger partial charge in [0.25, 0.3) is 0 Å². The SMILES string of the molecule is CC[Si](CC)(CC)OCC1O[C@@H](OCCCC(=O)OC)C(O[Si](CC)(CC)CC)[C@@H](C)[C@@H]1C. The Morgan fingerprint density at radius 3 is 1.88 bits per heavy atom. The van der Waals surface area contributed by atoms with Gasteiger partial charge in [0.05, 0.1) is 32.5 Å². The molecule has 196 valence electrons. The summed E-state index contributed by atoms with van der Waals surface area (Å²) in [7, 11) is -2.11. The Labute approximate surface area is 205 Å². The van der Waals surface area contributed by atoms with Gasteiger partial charge in [-0.2, -0.15) is 0 Å². The highest BCUT2D eigenvalue weighted by Gasteiger charge is 2.46. The van der Waals surface area contributed by atoms with Crippen LogP contribution in [-0.2, 0) is 27.9 Å². The molecule has 1 aliphatic heterocycles. The first-order valence-electron chi connectivity index (χ1n) is 13.4. The molecule has 0 aromatic carbocycles. The van der Waals surface area contributed by atoms with Crippen molar-refractivity contribution in [2.75, 3.05) is 20.3 Å². The first kappa shape index (κ1) is 30.8. The quantitative estimate of drug-likeness (QED) is 0.138. The number of carbonyl (C=O) groups excluding carboxylic acids is 1. The van der Waals surface area contributed by atoms with E-state index >= 15 is 0 Å². The van der Waals surface area contributed by atoms with Crippen LogP contribution < -0.4 is 0 Å². The average Bonchev–Trinajstić information content (AvgIpc) is 2.85. The number of rotatable bonds is 16. The van der Waals surface area contributed by atoms with E-state index < -0.39 is 22.9 Å². The lowest BCUT2D eigenvalue weighted by molar-refractivity contribution is -0.270. The van der Waals surface area contributed by atoms with Crippen LogP contribution in [-0.4, -0.2) is 61.4 Å². The first-order valence-corrected chi connectivity index (χ1v) is 18.4. The van der Waals surface area contributed by atoms with Crippen molar-refractivity contribution in [2.24, 2.45) is 11.8 Å². The molecule has 0 saturated carbocycles. The van der Waals surface area contributed by atoms with Crippen molar-refractivity contribution >= 4 is 22.6 Å². The molecular weight excluding hydrogens is 452 g/mol. The predicted octanol–water partition coefficient (Wildman–Crippen LogP) is 6.37. The summed E-state index contributed by atoms with van der Waals surface area (Å²) in [5, 5.41) is 0. The summed E-state index contributed by atoms with van der Waals surface area (Å²) in [6, 6.07) is 6.68. The molecule has 0 radical (unpaired) electrons. The zero-order valence-electron chi connectivity index (χ0n) is 22.9. The van der Waals surface area contributed by atoms with E-state index in [1.54, 1.807) is 0 Å². The molecule has 8 heteroatoms. The van der Waals surface area contributed by atoms with Crippen molar-refractivity contribution in [3.8, 4) is 0 Å². The van der Waals surface area contributed by atoms with Gasteiger partial charge in [-0.25, -0.2) is 0 Å². The molecule has 0 aromatic heterocycles. The molecule has 0 aliphatic carbocycles. The van der Waals surface area contributed by atoms with Crippen LogP contribution in [0.5, 0.6) is 0 Å². The number of esters is 1. The largest absolute Gasteiger partial charge is 0.469 e. The third kappa shape index (κ3) is 8.42. The van der Waals surface area contributed by atoms with Crippen LogP contribution in [0.3, 0.4) is 0 Å². The second-order valence-electron chi connectivity index (χ2n) is 9.69. The lowest BCUT2D eigenvalue weighted by atomic mass is 9.84. The first-order chi connectivity index (χ1) is 15.7. The highest BCUT2D eigenvalue weighted by atomic mass is 28.4. The number of carbonyl (C=O) groups is 1. The maximum Gasteiger partial charge on any atom is 0.305 e. The van der Waals surface area contributed by atoms with Crippen molar-refractivity contribution < 1.29 is 27.9 Å². The van der Waals surface area contributed by atoms with Gasteiger partial charge in [0.15, 0.2) is 22.9 Å². The summed E-state index contributed by atoms with van der Waals surface area (Å²) < 4.78 is 31.2. The lowest BCUT2D eigenvalue weighted by Gasteiger charge is -2.48. The van der Waals surface area contributed by atoms with Crippen LogP contribution in [0.15, 0.2) is 0 Å². The number of ether oxygens (including phenoxy) is 3. The van der Waals surface area contributed by atoms with Gasteiger partial charge in [-0.3, -0.25) is 4.79 Å². The molecule has 0 aromatic rings. The Bertz CT molecular complexity index is 534. The predicted molar refractivity (Wildman–Crippen MR) is 139 cm³/mol. The zero-order chi connectivity index (χ0) is 25.1. The van der Waals surface area contributed by atoms with E-state index in [2.05, 4.69) is 55.4 Å². The van der Waals surface area contributed by atoms with E-state index in [0.29, 0.717) is 37.9 Å². The van der Waals surface area contributed by atoms with Crippen LogP contribution in [0.1, 0.15) is 68.2 Å². The summed E-state index contributed by atoms with van der Waals surface area (Å²) >= 11 is 0. The highest BCUT2D eigenvalue weighted by molar-refractivity contribution is 6.74. The average molecular weight is 505 g/mol. The van der Waals surface area contributed by atoms with Crippen LogP contribution in [0.25, 0.3) is 0 Å².